The molecular formula is C56H37N5. The molecule has 61 heavy (non-hydrogen) atoms. The predicted octanol–water partition coefficient (Wildman–Crippen LogP) is 14.0. The topological polar surface area (TPSA) is 56.5 Å². The minimum absolute atomic E-state index is 0.617. The quantitative estimate of drug-likeness (QED) is 0.154. The monoisotopic (exact) mass is 779 g/mol. The average molecular weight is 780 g/mol. The molecule has 0 fully saturated rings. The van der Waals surface area contributed by atoms with E-state index in [1.54, 1.807) is 0 Å². The number of fused-ring (bicyclic) bond motifs is 3. The zero-order valence-corrected chi connectivity index (χ0v) is 33.1. The lowest BCUT2D eigenvalue weighted by Gasteiger charge is -2.11. The Labute approximate surface area is 354 Å². The molecular weight excluding hydrogens is 743 g/mol. The number of aromatic nitrogens is 5. The maximum absolute atomic E-state index is 5.41. The summed E-state index contributed by atoms with van der Waals surface area (Å²) in [4.78, 5) is 15.2. The van der Waals surface area contributed by atoms with Gasteiger partial charge in [0.15, 0.2) is 17.5 Å². The standard InChI is InChI=1S/C56H37N5/c1-5-17-38(18-6-1)43-24-15-26-46(35-43)55-57-54(42-21-9-3-10-22-42)58-56(59-55)47-27-16-25-44(36-47)39-31-33-41(34-32-39)52-51-50(40-19-7-2-8-20-40)37-45-23-13-14-30-49(45)53(51)61(60-52)48-28-11-4-12-29-48/h1-37H. The summed E-state index contributed by atoms with van der Waals surface area (Å²) < 4.78 is 2.11. The first-order valence-corrected chi connectivity index (χ1v) is 20.5. The second kappa shape index (κ2) is 15.5. The van der Waals surface area contributed by atoms with E-state index in [0.29, 0.717) is 17.5 Å². The lowest BCUT2D eigenvalue weighted by Crippen LogP contribution is -2.00. The Balaban J connectivity index is 1.01. The van der Waals surface area contributed by atoms with E-state index in [4.69, 9.17) is 20.1 Å². The summed E-state index contributed by atoms with van der Waals surface area (Å²) in [6.45, 7) is 0. The first-order valence-electron chi connectivity index (χ1n) is 20.5. The van der Waals surface area contributed by atoms with Gasteiger partial charge in [0, 0.05) is 33.0 Å². The van der Waals surface area contributed by atoms with E-state index in [1.165, 1.54) is 5.39 Å². The Hall–Kier alpha value is -8.28. The van der Waals surface area contributed by atoms with Crippen molar-refractivity contribution in [2.45, 2.75) is 0 Å². The Morgan fingerprint density at radius 3 is 1.36 bits per heavy atom. The normalized spacial score (nSPS) is 11.3. The van der Waals surface area contributed by atoms with Gasteiger partial charge in [0.05, 0.1) is 11.2 Å². The van der Waals surface area contributed by atoms with E-state index >= 15 is 0 Å². The number of rotatable bonds is 8. The van der Waals surface area contributed by atoms with Crippen LogP contribution in [-0.2, 0) is 0 Å². The van der Waals surface area contributed by atoms with E-state index in [1.807, 2.05) is 42.5 Å². The van der Waals surface area contributed by atoms with Crippen LogP contribution in [0.1, 0.15) is 0 Å². The van der Waals surface area contributed by atoms with Crippen LogP contribution in [0.15, 0.2) is 224 Å². The van der Waals surface area contributed by atoms with Crippen LogP contribution < -0.4 is 0 Å². The van der Waals surface area contributed by atoms with Gasteiger partial charge in [-0.3, -0.25) is 0 Å². The van der Waals surface area contributed by atoms with E-state index in [0.717, 1.165) is 83.3 Å². The number of hydrogen-bond donors (Lipinski definition) is 0. The fourth-order valence-corrected chi connectivity index (χ4v) is 8.27. The van der Waals surface area contributed by atoms with Gasteiger partial charge in [0.1, 0.15) is 5.69 Å². The Bertz CT molecular complexity index is 3330. The molecule has 2 heterocycles. The van der Waals surface area contributed by atoms with Crippen LogP contribution in [0.25, 0.3) is 106 Å². The summed E-state index contributed by atoms with van der Waals surface area (Å²) in [5.41, 5.74) is 13.6. The fourth-order valence-electron chi connectivity index (χ4n) is 8.27. The third-order valence-corrected chi connectivity index (χ3v) is 11.3. The highest BCUT2D eigenvalue weighted by Gasteiger charge is 2.21. The molecule has 0 atom stereocenters. The van der Waals surface area contributed by atoms with Crippen molar-refractivity contribution in [1.29, 1.82) is 0 Å². The van der Waals surface area contributed by atoms with Crippen molar-refractivity contribution in [1.82, 2.24) is 24.7 Å². The second-order valence-corrected chi connectivity index (χ2v) is 15.1. The number of benzene rings is 9. The Morgan fingerprint density at radius 2 is 0.754 bits per heavy atom. The van der Waals surface area contributed by atoms with Gasteiger partial charge >= 0.3 is 0 Å². The highest BCUT2D eigenvalue weighted by Crippen LogP contribution is 2.42. The molecule has 0 unspecified atom stereocenters. The third-order valence-electron chi connectivity index (χ3n) is 11.3. The molecule has 2 aromatic heterocycles. The summed E-state index contributed by atoms with van der Waals surface area (Å²) in [5, 5.41) is 8.87. The maximum Gasteiger partial charge on any atom is 0.164 e. The summed E-state index contributed by atoms with van der Waals surface area (Å²) in [5.74, 6) is 1.87. The van der Waals surface area contributed by atoms with E-state index in [-0.39, 0.29) is 0 Å². The lowest BCUT2D eigenvalue weighted by atomic mass is 9.93. The Kier molecular flexibility index (Phi) is 9.10. The molecule has 0 bridgehead atoms. The molecule has 11 aromatic rings. The van der Waals surface area contributed by atoms with Crippen molar-refractivity contribution in [3.05, 3.63) is 224 Å². The number of nitrogens with zero attached hydrogens (tertiary/aromatic N) is 5. The molecule has 9 aromatic carbocycles. The molecule has 11 rings (SSSR count). The Morgan fingerprint density at radius 1 is 0.311 bits per heavy atom. The lowest BCUT2D eigenvalue weighted by molar-refractivity contribution is 0.918. The molecule has 0 spiro atoms. The third kappa shape index (κ3) is 6.84. The second-order valence-electron chi connectivity index (χ2n) is 15.1. The van der Waals surface area contributed by atoms with Gasteiger partial charge in [-0.05, 0) is 69.1 Å². The highest BCUT2D eigenvalue weighted by molar-refractivity contribution is 6.17. The van der Waals surface area contributed by atoms with Crippen molar-refractivity contribution < 1.29 is 0 Å². The van der Waals surface area contributed by atoms with Gasteiger partial charge < -0.3 is 0 Å². The van der Waals surface area contributed by atoms with Crippen molar-refractivity contribution in [3.8, 4) is 84.5 Å². The van der Waals surface area contributed by atoms with Crippen LogP contribution in [-0.4, -0.2) is 24.7 Å². The van der Waals surface area contributed by atoms with Crippen LogP contribution >= 0.6 is 0 Å². The van der Waals surface area contributed by atoms with Gasteiger partial charge in [0.25, 0.3) is 0 Å². The molecule has 0 aliphatic rings. The van der Waals surface area contributed by atoms with Gasteiger partial charge in [-0.1, -0.05) is 194 Å². The van der Waals surface area contributed by atoms with Crippen LogP contribution in [0.4, 0.5) is 0 Å². The van der Waals surface area contributed by atoms with Crippen LogP contribution in [0, 0.1) is 0 Å². The van der Waals surface area contributed by atoms with Crippen LogP contribution in [0.2, 0.25) is 0 Å². The summed E-state index contributed by atoms with van der Waals surface area (Å²) in [6, 6.07) is 78.1. The molecule has 0 aliphatic carbocycles. The van der Waals surface area contributed by atoms with E-state index in [9.17, 15) is 0 Å². The highest BCUT2D eigenvalue weighted by atomic mass is 15.3. The molecule has 5 nitrogen and oxygen atoms in total. The average Bonchev–Trinajstić information content (AvgIpc) is 3.76. The van der Waals surface area contributed by atoms with Crippen molar-refractivity contribution in [2.24, 2.45) is 0 Å². The molecule has 0 N–H and O–H groups in total. The summed E-state index contributed by atoms with van der Waals surface area (Å²) in [6.07, 6.45) is 0. The van der Waals surface area contributed by atoms with Gasteiger partial charge in [-0.15, -0.1) is 0 Å². The summed E-state index contributed by atoms with van der Waals surface area (Å²) >= 11 is 0. The maximum atomic E-state index is 5.41. The zero-order valence-electron chi connectivity index (χ0n) is 33.1. The first-order chi connectivity index (χ1) is 30.2. The fraction of sp³-hybridized carbons (Fsp3) is 0. The smallest absolute Gasteiger partial charge is 0.164 e. The molecule has 0 saturated heterocycles. The molecule has 286 valence electrons. The van der Waals surface area contributed by atoms with Crippen LogP contribution in [0.5, 0.6) is 0 Å². The minimum Gasteiger partial charge on any atom is -0.232 e. The summed E-state index contributed by atoms with van der Waals surface area (Å²) in [7, 11) is 0. The predicted molar refractivity (Wildman–Crippen MR) is 250 cm³/mol. The SMILES string of the molecule is c1ccc(-c2cccc(-c3nc(-c4ccccc4)nc(-c4cccc(-c5ccc(-c6nn(-c7ccccc7)c7c6c(-c6ccccc6)cc6ccccc67)cc5)c4)n3)c2)cc1. The van der Waals surface area contributed by atoms with Crippen molar-refractivity contribution in [3.63, 3.8) is 0 Å². The zero-order chi connectivity index (χ0) is 40.5. The van der Waals surface area contributed by atoms with E-state index in [2.05, 4.69) is 187 Å². The van der Waals surface area contributed by atoms with Crippen molar-refractivity contribution >= 4 is 21.7 Å². The number of hydrogen-bond acceptors (Lipinski definition) is 4. The molecule has 0 saturated carbocycles. The minimum atomic E-state index is 0.617. The van der Waals surface area contributed by atoms with Crippen LogP contribution in [0.3, 0.4) is 0 Å². The van der Waals surface area contributed by atoms with Gasteiger partial charge in [0.2, 0.25) is 0 Å². The number of para-hydroxylation sites is 1. The molecule has 0 amide bonds. The first kappa shape index (κ1) is 35.8. The van der Waals surface area contributed by atoms with Gasteiger partial charge in [-0.2, -0.15) is 5.10 Å². The molecule has 0 aliphatic heterocycles. The van der Waals surface area contributed by atoms with E-state index < -0.39 is 0 Å². The largest absolute Gasteiger partial charge is 0.232 e. The van der Waals surface area contributed by atoms with Gasteiger partial charge in [-0.25, -0.2) is 19.6 Å². The van der Waals surface area contributed by atoms with Crippen molar-refractivity contribution in [2.75, 3.05) is 0 Å². The molecule has 5 heteroatoms. The molecule has 0 radical (unpaired) electrons.